The lowest BCUT2D eigenvalue weighted by atomic mass is 10.3. The monoisotopic (exact) mass is 117 g/mol. The van der Waals surface area contributed by atoms with E-state index in [0.717, 1.165) is 6.42 Å². The molecule has 0 atom stereocenters. The first kappa shape index (κ1) is 7.92. The molecule has 2 heteroatoms. The lowest BCUT2D eigenvalue weighted by Crippen LogP contribution is -2.29. The maximum atomic E-state index is 7.88. The van der Waals surface area contributed by atoms with E-state index in [0.29, 0.717) is 6.61 Å². The second-order valence-corrected chi connectivity index (χ2v) is 1.83. The number of hydrogen-bond donors (Lipinski definition) is 2. The van der Waals surface area contributed by atoms with E-state index >= 15 is 0 Å². The molecular weight excluding hydrogens is 102 g/mol. The third-order valence-corrected chi connectivity index (χ3v) is 0.931. The summed E-state index contributed by atoms with van der Waals surface area (Å²) in [5.41, 5.74) is 0. The van der Waals surface area contributed by atoms with Crippen molar-refractivity contribution in [1.82, 2.24) is 5.32 Å². The van der Waals surface area contributed by atoms with Gasteiger partial charge in [-0.05, 0) is 25.9 Å². The molecule has 1 saturated heterocycles. The van der Waals surface area contributed by atoms with E-state index in [1.807, 2.05) is 6.92 Å². The Morgan fingerprint density at radius 2 is 1.75 bits per heavy atom. The fourth-order valence-electron chi connectivity index (χ4n) is 0.177. The Morgan fingerprint density at radius 1 is 1.50 bits per heavy atom. The summed E-state index contributed by atoms with van der Waals surface area (Å²) >= 11 is 0. The van der Waals surface area contributed by atoms with Crippen LogP contribution in [0, 0.1) is 0 Å². The summed E-state index contributed by atoms with van der Waals surface area (Å²) in [5, 5.41) is 11.0. The topological polar surface area (TPSA) is 32.3 Å². The van der Waals surface area contributed by atoms with Crippen molar-refractivity contribution in [2.24, 2.45) is 0 Å². The SMILES string of the molecule is C1CNC1.CCCO. The molecule has 1 heterocycles. The third-order valence-electron chi connectivity index (χ3n) is 0.931. The van der Waals surface area contributed by atoms with Crippen molar-refractivity contribution in [2.75, 3.05) is 19.7 Å². The quantitative estimate of drug-likeness (QED) is 0.520. The minimum atomic E-state index is 0.319. The summed E-state index contributed by atoms with van der Waals surface area (Å²) in [7, 11) is 0. The molecular formula is C6H15NO. The fraction of sp³-hybridized carbons (Fsp3) is 1.00. The highest BCUT2D eigenvalue weighted by molar-refractivity contribution is 4.56. The molecule has 0 unspecified atom stereocenters. The van der Waals surface area contributed by atoms with Crippen molar-refractivity contribution >= 4 is 0 Å². The Labute approximate surface area is 50.9 Å². The van der Waals surface area contributed by atoms with Crippen molar-refractivity contribution in [2.45, 2.75) is 19.8 Å². The van der Waals surface area contributed by atoms with Crippen LogP contribution in [-0.2, 0) is 0 Å². The smallest absolute Gasteiger partial charge is 0.0428 e. The number of rotatable bonds is 1. The lowest BCUT2D eigenvalue weighted by molar-refractivity contribution is 0.295. The van der Waals surface area contributed by atoms with Gasteiger partial charge in [-0.25, -0.2) is 0 Å². The summed E-state index contributed by atoms with van der Waals surface area (Å²) < 4.78 is 0. The van der Waals surface area contributed by atoms with Gasteiger partial charge in [0.1, 0.15) is 0 Å². The summed E-state index contributed by atoms with van der Waals surface area (Å²) in [6, 6.07) is 0. The van der Waals surface area contributed by atoms with E-state index < -0.39 is 0 Å². The third kappa shape index (κ3) is 5.92. The Morgan fingerprint density at radius 3 is 1.75 bits per heavy atom. The molecule has 2 N–H and O–H groups in total. The van der Waals surface area contributed by atoms with Crippen LogP contribution in [0.4, 0.5) is 0 Å². The summed E-state index contributed by atoms with van der Waals surface area (Å²) in [6.45, 7) is 4.75. The molecule has 0 aromatic carbocycles. The Kier molecular flexibility index (Phi) is 6.85. The second-order valence-electron chi connectivity index (χ2n) is 1.83. The van der Waals surface area contributed by atoms with Crippen LogP contribution >= 0.6 is 0 Å². The highest BCUT2D eigenvalue weighted by Crippen LogP contribution is 1.80. The van der Waals surface area contributed by atoms with Gasteiger partial charge in [0.05, 0.1) is 0 Å². The molecule has 1 aliphatic heterocycles. The van der Waals surface area contributed by atoms with Crippen LogP contribution in [0.25, 0.3) is 0 Å². The first-order valence-electron chi connectivity index (χ1n) is 3.23. The molecule has 1 rings (SSSR count). The van der Waals surface area contributed by atoms with Gasteiger partial charge in [-0.1, -0.05) is 6.92 Å². The number of nitrogens with one attached hydrogen (secondary N) is 1. The zero-order chi connectivity index (χ0) is 6.24. The lowest BCUT2D eigenvalue weighted by Gasteiger charge is -2.09. The van der Waals surface area contributed by atoms with Gasteiger partial charge >= 0.3 is 0 Å². The molecule has 0 saturated carbocycles. The average Bonchev–Trinajstić information content (AvgIpc) is 1.61. The van der Waals surface area contributed by atoms with Gasteiger partial charge < -0.3 is 10.4 Å². The Hall–Kier alpha value is -0.0800. The average molecular weight is 117 g/mol. The van der Waals surface area contributed by atoms with E-state index in [-0.39, 0.29) is 0 Å². The molecule has 0 amide bonds. The highest BCUT2D eigenvalue weighted by atomic mass is 16.2. The largest absolute Gasteiger partial charge is 0.396 e. The van der Waals surface area contributed by atoms with Crippen LogP contribution in [0.2, 0.25) is 0 Å². The summed E-state index contributed by atoms with van der Waals surface area (Å²) in [4.78, 5) is 0. The zero-order valence-corrected chi connectivity index (χ0v) is 5.48. The summed E-state index contributed by atoms with van der Waals surface area (Å²) in [5.74, 6) is 0. The van der Waals surface area contributed by atoms with Crippen LogP contribution in [0.1, 0.15) is 19.8 Å². The van der Waals surface area contributed by atoms with Crippen LogP contribution in [0.5, 0.6) is 0 Å². The maximum Gasteiger partial charge on any atom is 0.0428 e. The van der Waals surface area contributed by atoms with Crippen molar-refractivity contribution < 1.29 is 5.11 Å². The molecule has 1 aliphatic rings. The van der Waals surface area contributed by atoms with Crippen LogP contribution < -0.4 is 5.32 Å². The predicted molar refractivity (Wildman–Crippen MR) is 34.9 cm³/mol. The normalized spacial score (nSPS) is 15.8. The number of aliphatic hydroxyl groups is 1. The fourth-order valence-corrected chi connectivity index (χ4v) is 0.177. The highest BCUT2D eigenvalue weighted by Gasteiger charge is 1.92. The van der Waals surface area contributed by atoms with E-state index in [1.54, 1.807) is 0 Å². The first-order valence-corrected chi connectivity index (χ1v) is 3.23. The van der Waals surface area contributed by atoms with E-state index in [9.17, 15) is 0 Å². The Balaban J connectivity index is 0.000000122. The molecule has 0 aromatic heterocycles. The zero-order valence-electron chi connectivity index (χ0n) is 5.48. The van der Waals surface area contributed by atoms with Crippen molar-refractivity contribution in [3.8, 4) is 0 Å². The molecule has 1 fully saturated rings. The van der Waals surface area contributed by atoms with E-state index in [2.05, 4.69) is 5.32 Å². The number of aliphatic hydroxyl groups excluding tert-OH is 1. The second kappa shape index (κ2) is 6.92. The van der Waals surface area contributed by atoms with Gasteiger partial charge in [-0.3, -0.25) is 0 Å². The number of hydrogen-bond acceptors (Lipinski definition) is 2. The predicted octanol–water partition coefficient (Wildman–Crippen LogP) is 0.368. The van der Waals surface area contributed by atoms with Crippen LogP contribution in [0.3, 0.4) is 0 Å². The first-order chi connectivity index (χ1) is 3.91. The van der Waals surface area contributed by atoms with Crippen LogP contribution in [0.15, 0.2) is 0 Å². The van der Waals surface area contributed by atoms with E-state index in [1.165, 1.54) is 19.5 Å². The maximum absolute atomic E-state index is 7.88. The van der Waals surface area contributed by atoms with Crippen LogP contribution in [-0.4, -0.2) is 24.8 Å². The molecule has 0 aromatic rings. The van der Waals surface area contributed by atoms with Gasteiger partial charge in [0.2, 0.25) is 0 Å². The summed E-state index contributed by atoms with van der Waals surface area (Å²) in [6.07, 6.45) is 2.26. The van der Waals surface area contributed by atoms with Gasteiger partial charge in [0.25, 0.3) is 0 Å². The van der Waals surface area contributed by atoms with Gasteiger partial charge in [-0.2, -0.15) is 0 Å². The van der Waals surface area contributed by atoms with Gasteiger partial charge in [0.15, 0.2) is 0 Å². The molecule has 2 nitrogen and oxygen atoms in total. The minimum Gasteiger partial charge on any atom is -0.396 e. The van der Waals surface area contributed by atoms with Crippen molar-refractivity contribution in [3.05, 3.63) is 0 Å². The Bertz CT molecular complexity index is 29.5. The molecule has 0 spiro atoms. The minimum absolute atomic E-state index is 0.319. The van der Waals surface area contributed by atoms with Gasteiger partial charge in [-0.15, -0.1) is 0 Å². The molecule has 0 bridgehead atoms. The molecule has 0 aliphatic carbocycles. The van der Waals surface area contributed by atoms with Gasteiger partial charge in [0, 0.05) is 6.61 Å². The van der Waals surface area contributed by atoms with Crippen molar-refractivity contribution in [3.63, 3.8) is 0 Å². The molecule has 0 radical (unpaired) electrons. The standard InChI is InChI=1S/C3H7N.C3H8O/c1-2-4-3-1;1-2-3-4/h4H,1-3H2;4H,2-3H2,1H3. The molecule has 8 heavy (non-hydrogen) atoms. The van der Waals surface area contributed by atoms with Crippen molar-refractivity contribution in [1.29, 1.82) is 0 Å². The van der Waals surface area contributed by atoms with E-state index in [4.69, 9.17) is 5.11 Å². The molecule has 50 valence electrons.